The predicted molar refractivity (Wildman–Crippen MR) is 125 cm³/mol. The molecule has 1 amide bonds. The lowest BCUT2D eigenvalue weighted by Gasteiger charge is -2.09. The van der Waals surface area contributed by atoms with E-state index >= 15 is 0 Å². The quantitative estimate of drug-likeness (QED) is 0.200. The molecule has 0 aromatic heterocycles. The van der Waals surface area contributed by atoms with Crippen molar-refractivity contribution in [3.05, 3.63) is 87.4 Å². The molecule has 0 saturated carbocycles. The molecule has 7 nitrogen and oxygen atoms in total. The molecular weight excluding hydrogens is 500 g/mol. The molecule has 0 heterocycles. The molecule has 1 N–H and O–H groups in total. The molecule has 9 heteroatoms. The summed E-state index contributed by atoms with van der Waals surface area (Å²) < 4.78 is 16.7. The largest absolute Gasteiger partial charge is 0.497 e. The minimum atomic E-state index is -0.607. The smallest absolute Gasteiger partial charge is 0.345 e. The van der Waals surface area contributed by atoms with E-state index in [9.17, 15) is 9.59 Å². The van der Waals surface area contributed by atoms with Crippen molar-refractivity contribution in [2.45, 2.75) is 0 Å². The van der Waals surface area contributed by atoms with Gasteiger partial charge < -0.3 is 14.2 Å². The number of carbonyl (C=O) groups is 2. The minimum absolute atomic E-state index is 0.226. The number of hydrazone groups is 1. The molecule has 0 saturated heterocycles. The zero-order valence-corrected chi connectivity index (χ0v) is 19.2. The summed E-state index contributed by atoms with van der Waals surface area (Å²) in [5.74, 6) is 0.397. The van der Waals surface area contributed by atoms with Crippen LogP contribution in [0.25, 0.3) is 0 Å². The molecule has 0 spiro atoms. The molecule has 0 fully saturated rings. The minimum Gasteiger partial charge on any atom is -0.497 e. The monoisotopic (exact) mass is 516 g/mol. The molecule has 0 aliphatic carbocycles. The van der Waals surface area contributed by atoms with Crippen LogP contribution in [-0.4, -0.2) is 31.8 Å². The van der Waals surface area contributed by atoms with Crippen molar-refractivity contribution >= 4 is 45.6 Å². The van der Waals surface area contributed by atoms with E-state index in [4.69, 9.17) is 25.8 Å². The maximum Gasteiger partial charge on any atom is 0.345 e. The van der Waals surface area contributed by atoms with Gasteiger partial charge in [0, 0.05) is 10.0 Å². The Morgan fingerprint density at radius 1 is 1.06 bits per heavy atom. The van der Waals surface area contributed by atoms with E-state index in [1.54, 1.807) is 73.8 Å². The summed E-state index contributed by atoms with van der Waals surface area (Å²) in [6.07, 6.45) is 1.37. The summed E-state index contributed by atoms with van der Waals surface area (Å²) >= 11 is 9.42. The Balaban J connectivity index is 1.61. The first kappa shape index (κ1) is 23.3. The van der Waals surface area contributed by atoms with Crippen LogP contribution in [-0.2, 0) is 4.79 Å². The predicted octanol–water partition coefficient (Wildman–Crippen LogP) is 4.86. The van der Waals surface area contributed by atoms with Crippen LogP contribution in [0.2, 0.25) is 5.02 Å². The maximum atomic E-state index is 12.5. The fraction of sp³-hybridized carbons (Fsp3) is 0.0870. The number of methoxy groups -OCH3 is 1. The number of hydrogen-bond acceptors (Lipinski definition) is 6. The third kappa shape index (κ3) is 6.57. The lowest BCUT2D eigenvalue weighted by atomic mass is 10.2. The molecule has 3 rings (SSSR count). The number of halogens is 2. The number of nitrogens with zero attached hydrogens (tertiary/aromatic N) is 1. The first-order chi connectivity index (χ1) is 15.5. The van der Waals surface area contributed by atoms with Gasteiger partial charge in [-0.1, -0.05) is 39.7 Å². The number of esters is 1. The number of carbonyl (C=O) groups excluding carboxylic acids is 2. The molecule has 0 aliphatic rings. The Hall–Kier alpha value is -3.36. The van der Waals surface area contributed by atoms with Crippen LogP contribution in [0.1, 0.15) is 15.9 Å². The van der Waals surface area contributed by atoms with E-state index in [0.29, 0.717) is 17.1 Å². The van der Waals surface area contributed by atoms with Crippen molar-refractivity contribution < 1.29 is 23.8 Å². The van der Waals surface area contributed by atoms with Gasteiger partial charge in [0.15, 0.2) is 6.61 Å². The highest BCUT2D eigenvalue weighted by molar-refractivity contribution is 9.10. The molecule has 0 bridgehead atoms. The number of benzene rings is 3. The number of hydrogen-bond donors (Lipinski definition) is 1. The van der Waals surface area contributed by atoms with Gasteiger partial charge in [-0.25, -0.2) is 10.2 Å². The molecule has 0 unspecified atom stereocenters. The van der Waals surface area contributed by atoms with Crippen molar-refractivity contribution in [1.82, 2.24) is 5.43 Å². The molecule has 0 radical (unpaired) electrons. The number of amides is 1. The number of rotatable bonds is 8. The van der Waals surface area contributed by atoms with Gasteiger partial charge in [-0.05, 0) is 54.6 Å². The Morgan fingerprint density at radius 3 is 2.50 bits per heavy atom. The van der Waals surface area contributed by atoms with Crippen molar-refractivity contribution in [3.8, 4) is 17.2 Å². The molecule has 3 aromatic rings. The van der Waals surface area contributed by atoms with Crippen molar-refractivity contribution in [2.75, 3.05) is 13.7 Å². The highest BCUT2D eigenvalue weighted by Gasteiger charge is 2.14. The third-order valence-electron chi connectivity index (χ3n) is 4.09. The van der Waals surface area contributed by atoms with Crippen LogP contribution in [0, 0.1) is 0 Å². The summed E-state index contributed by atoms with van der Waals surface area (Å²) in [7, 11) is 1.57. The van der Waals surface area contributed by atoms with Crippen molar-refractivity contribution in [1.29, 1.82) is 0 Å². The summed E-state index contributed by atoms with van der Waals surface area (Å²) in [5.41, 5.74) is 3.08. The van der Waals surface area contributed by atoms with Gasteiger partial charge >= 0.3 is 5.97 Å². The summed E-state index contributed by atoms with van der Waals surface area (Å²) in [6, 6.07) is 18.4. The van der Waals surface area contributed by atoms with E-state index < -0.39 is 11.9 Å². The molecule has 0 atom stereocenters. The zero-order valence-electron chi connectivity index (χ0n) is 16.9. The highest BCUT2D eigenvalue weighted by atomic mass is 79.9. The summed E-state index contributed by atoms with van der Waals surface area (Å²) in [5, 5.41) is 4.20. The van der Waals surface area contributed by atoms with Crippen LogP contribution >= 0.6 is 27.5 Å². The van der Waals surface area contributed by atoms with Crippen LogP contribution < -0.4 is 19.6 Å². The SMILES string of the molecule is COc1ccc(OCC(=O)N/N=C/c2cc(Br)ccc2OC(=O)c2ccccc2Cl)cc1. The Labute approximate surface area is 198 Å². The first-order valence-electron chi connectivity index (χ1n) is 9.31. The lowest BCUT2D eigenvalue weighted by molar-refractivity contribution is -0.123. The van der Waals surface area contributed by atoms with Crippen LogP contribution in [0.5, 0.6) is 17.2 Å². The molecule has 32 heavy (non-hydrogen) atoms. The second-order valence-electron chi connectivity index (χ2n) is 6.31. The molecule has 3 aromatic carbocycles. The second-order valence-corrected chi connectivity index (χ2v) is 7.63. The zero-order chi connectivity index (χ0) is 22.9. The Morgan fingerprint density at radius 2 is 1.78 bits per heavy atom. The van der Waals surface area contributed by atoms with Gasteiger partial charge in [0.25, 0.3) is 5.91 Å². The normalized spacial score (nSPS) is 10.6. The highest BCUT2D eigenvalue weighted by Crippen LogP contribution is 2.24. The van der Waals surface area contributed by atoms with Gasteiger partial charge in [0.1, 0.15) is 17.2 Å². The molecule has 164 valence electrons. The van der Waals surface area contributed by atoms with E-state index in [1.165, 1.54) is 6.21 Å². The van der Waals surface area contributed by atoms with Crippen molar-refractivity contribution in [2.24, 2.45) is 5.10 Å². The molecular formula is C23H18BrClN2O5. The topological polar surface area (TPSA) is 86.2 Å². The Kier molecular flexibility index (Phi) is 8.24. The second kappa shape index (κ2) is 11.3. The average Bonchev–Trinajstić information content (AvgIpc) is 2.80. The third-order valence-corrected chi connectivity index (χ3v) is 4.91. The fourth-order valence-electron chi connectivity index (χ4n) is 2.52. The van der Waals surface area contributed by atoms with Gasteiger partial charge in [-0.2, -0.15) is 5.10 Å². The molecule has 0 aliphatic heterocycles. The van der Waals surface area contributed by atoms with Gasteiger partial charge in [0.2, 0.25) is 0 Å². The standard InChI is InChI=1S/C23H18BrClN2O5/c1-30-17-7-9-18(10-8-17)31-14-22(28)27-26-13-15-12-16(24)6-11-21(15)32-23(29)19-4-2-3-5-20(19)25/h2-13H,14H2,1H3,(H,27,28)/b26-13+. The average molecular weight is 518 g/mol. The van der Waals surface area contributed by atoms with Crippen LogP contribution in [0.15, 0.2) is 76.3 Å². The first-order valence-corrected chi connectivity index (χ1v) is 10.5. The van der Waals surface area contributed by atoms with E-state index in [2.05, 4.69) is 26.5 Å². The van der Waals surface area contributed by atoms with Crippen molar-refractivity contribution in [3.63, 3.8) is 0 Å². The number of nitrogens with one attached hydrogen (secondary N) is 1. The van der Waals surface area contributed by atoms with Gasteiger partial charge in [0.05, 0.1) is 23.9 Å². The van der Waals surface area contributed by atoms with Crippen LogP contribution in [0.3, 0.4) is 0 Å². The van der Waals surface area contributed by atoms with E-state index in [-0.39, 0.29) is 22.9 Å². The van der Waals surface area contributed by atoms with E-state index in [1.807, 2.05) is 0 Å². The van der Waals surface area contributed by atoms with Crippen LogP contribution in [0.4, 0.5) is 0 Å². The van der Waals surface area contributed by atoms with Gasteiger partial charge in [-0.3, -0.25) is 4.79 Å². The summed E-state index contributed by atoms with van der Waals surface area (Å²) in [6.45, 7) is -0.226. The van der Waals surface area contributed by atoms with Gasteiger partial charge in [-0.15, -0.1) is 0 Å². The summed E-state index contributed by atoms with van der Waals surface area (Å²) in [4.78, 5) is 24.5. The lowest BCUT2D eigenvalue weighted by Crippen LogP contribution is -2.24. The number of ether oxygens (including phenoxy) is 3. The van der Waals surface area contributed by atoms with E-state index in [0.717, 1.165) is 4.47 Å². The fourth-order valence-corrected chi connectivity index (χ4v) is 3.11. The maximum absolute atomic E-state index is 12.5. The Bertz CT molecular complexity index is 1140.